The summed E-state index contributed by atoms with van der Waals surface area (Å²) >= 11 is 0. The van der Waals surface area contributed by atoms with Crippen molar-refractivity contribution < 1.29 is 9.59 Å². The van der Waals surface area contributed by atoms with Crippen LogP contribution < -0.4 is 15.5 Å². The molecule has 9 nitrogen and oxygen atoms in total. The van der Waals surface area contributed by atoms with Gasteiger partial charge in [-0.25, -0.2) is 9.78 Å². The number of carbonyl (C=O) groups is 2. The van der Waals surface area contributed by atoms with Gasteiger partial charge in [-0.1, -0.05) is 18.2 Å². The first-order valence-electron chi connectivity index (χ1n) is 11.3. The second-order valence-electron chi connectivity index (χ2n) is 8.41. The zero-order chi connectivity index (χ0) is 22.6. The van der Waals surface area contributed by atoms with E-state index < -0.39 is 6.03 Å². The van der Waals surface area contributed by atoms with E-state index in [4.69, 9.17) is 0 Å². The molecular formula is C24H27N7O2. The van der Waals surface area contributed by atoms with Crippen LogP contribution in [0.2, 0.25) is 0 Å². The van der Waals surface area contributed by atoms with Crippen LogP contribution >= 0.6 is 0 Å². The summed E-state index contributed by atoms with van der Waals surface area (Å²) < 4.78 is 0. The molecule has 3 amide bonds. The van der Waals surface area contributed by atoms with Crippen LogP contribution in [0.15, 0.2) is 54.6 Å². The number of para-hydroxylation sites is 1. The molecule has 2 aliphatic rings. The Morgan fingerprint density at radius 1 is 0.970 bits per heavy atom. The lowest BCUT2D eigenvalue weighted by molar-refractivity contribution is -0.130. The van der Waals surface area contributed by atoms with E-state index in [-0.39, 0.29) is 12.5 Å². The van der Waals surface area contributed by atoms with Crippen molar-refractivity contribution >= 4 is 23.3 Å². The van der Waals surface area contributed by atoms with E-state index in [1.54, 1.807) is 17.0 Å². The van der Waals surface area contributed by atoms with Crippen molar-refractivity contribution in [3.63, 3.8) is 0 Å². The lowest BCUT2D eigenvalue weighted by Gasteiger charge is -2.36. The SMILES string of the molecule is O=C(NCC(=O)N1CCN(c2ccccc2)CC1)Nc1ccc(-c2n[nH]c(C3CC3)n2)cc1. The highest BCUT2D eigenvalue weighted by atomic mass is 16.2. The van der Waals surface area contributed by atoms with Gasteiger partial charge in [0.2, 0.25) is 5.91 Å². The fraction of sp³-hybridized carbons (Fsp3) is 0.333. The number of hydrogen-bond donors (Lipinski definition) is 3. The van der Waals surface area contributed by atoms with Gasteiger partial charge in [0.25, 0.3) is 0 Å². The first-order valence-corrected chi connectivity index (χ1v) is 11.3. The van der Waals surface area contributed by atoms with Crippen molar-refractivity contribution in [3.05, 3.63) is 60.4 Å². The standard InChI is InChI=1S/C24H27N7O2/c32-21(31-14-12-30(13-15-31)20-4-2-1-3-5-20)16-25-24(33)26-19-10-8-18(9-11-19)23-27-22(28-29-23)17-6-7-17/h1-5,8-11,17H,6-7,12-16H2,(H2,25,26,33)(H,27,28,29). The van der Waals surface area contributed by atoms with E-state index in [9.17, 15) is 9.59 Å². The fourth-order valence-electron chi connectivity index (χ4n) is 3.94. The number of nitrogens with zero attached hydrogens (tertiary/aromatic N) is 4. The van der Waals surface area contributed by atoms with Crippen molar-refractivity contribution in [3.8, 4) is 11.4 Å². The molecule has 0 radical (unpaired) electrons. The van der Waals surface area contributed by atoms with E-state index in [0.717, 1.165) is 24.5 Å². The third-order valence-electron chi connectivity index (χ3n) is 6.02. The maximum atomic E-state index is 12.5. The molecule has 33 heavy (non-hydrogen) atoms. The van der Waals surface area contributed by atoms with Crippen LogP contribution in [0.4, 0.5) is 16.2 Å². The fourth-order valence-corrected chi connectivity index (χ4v) is 3.94. The van der Waals surface area contributed by atoms with E-state index >= 15 is 0 Å². The summed E-state index contributed by atoms with van der Waals surface area (Å²) in [7, 11) is 0. The largest absolute Gasteiger partial charge is 0.368 e. The zero-order valence-corrected chi connectivity index (χ0v) is 18.3. The summed E-state index contributed by atoms with van der Waals surface area (Å²) in [5, 5.41) is 12.7. The molecule has 3 aromatic rings. The predicted molar refractivity (Wildman–Crippen MR) is 126 cm³/mol. The molecule has 5 rings (SSSR count). The average Bonchev–Trinajstić information content (AvgIpc) is 3.60. The minimum absolute atomic E-state index is 0.0314. The monoisotopic (exact) mass is 445 g/mol. The van der Waals surface area contributed by atoms with Gasteiger partial charge in [-0.3, -0.25) is 9.89 Å². The highest BCUT2D eigenvalue weighted by Gasteiger charge is 2.27. The summed E-state index contributed by atoms with van der Waals surface area (Å²) in [5.41, 5.74) is 2.69. The molecule has 1 aliphatic carbocycles. The quantitative estimate of drug-likeness (QED) is 0.541. The Kier molecular flexibility index (Phi) is 5.93. The number of anilines is 2. The Morgan fingerprint density at radius 3 is 2.39 bits per heavy atom. The van der Waals surface area contributed by atoms with Crippen molar-refractivity contribution in [2.45, 2.75) is 18.8 Å². The number of hydrogen-bond acceptors (Lipinski definition) is 5. The predicted octanol–water partition coefficient (Wildman–Crippen LogP) is 2.82. The Bertz CT molecular complexity index is 1100. The van der Waals surface area contributed by atoms with Crippen LogP contribution in [0.3, 0.4) is 0 Å². The highest BCUT2D eigenvalue weighted by Crippen LogP contribution is 2.38. The van der Waals surface area contributed by atoms with Crippen LogP contribution in [0.25, 0.3) is 11.4 Å². The molecule has 1 aromatic heterocycles. The summed E-state index contributed by atoms with van der Waals surface area (Å²) in [6.07, 6.45) is 2.33. The van der Waals surface area contributed by atoms with Crippen LogP contribution in [-0.2, 0) is 4.79 Å². The third-order valence-corrected chi connectivity index (χ3v) is 6.02. The van der Waals surface area contributed by atoms with Crippen molar-refractivity contribution in [1.82, 2.24) is 25.4 Å². The molecule has 0 atom stereocenters. The van der Waals surface area contributed by atoms with E-state index in [2.05, 4.69) is 42.8 Å². The van der Waals surface area contributed by atoms with E-state index in [1.165, 1.54) is 18.5 Å². The molecule has 170 valence electrons. The lowest BCUT2D eigenvalue weighted by Crippen LogP contribution is -2.51. The molecule has 1 saturated heterocycles. The minimum Gasteiger partial charge on any atom is -0.368 e. The second-order valence-corrected chi connectivity index (χ2v) is 8.41. The van der Waals surface area contributed by atoms with Crippen LogP contribution in [0.5, 0.6) is 0 Å². The molecule has 2 heterocycles. The first-order chi connectivity index (χ1) is 16.2. The number of benzene rings is 2. The molecule has 0 bridgehead atoms. The van der Waals surface area contributed by atoms with Crippen molar-refractivity contribution in [1.29, 1.82) is 0 Å². The average molecular weight is 446 g/mol. The molecule has 3 N–H and O–H groups in total. The number of aromatic nitrogens is 3. The number of H-pyrrole nitrogens is 1. The molecule has 1 aliphatic heterocycles. The van der Waals surface area contributed by atoms with E-state index in [0.29, 0.717) is 30.5 Å². The van der Waals surface area contributed by atoms with Crippen molar-refractivity contribution in [2.24, 2.45) is 0 Å². The van der Waals surface area contributed by atoms with Gasteiger partial charge in [0, 0.05) is 49.0 Å². The minimum atomic E-state index is -0.409. The lowest BCUT2D eigenvalue weighted by atomic mass is 10.2. The topological polar surface area (TPSA) is 106 Å². The first kappa shape index (κ1) is 21.0. The Hall–Kier alpha value is -3.88. The summed E-state index contributed by atoms with van der Waals surface area (Å²) in [6, 6.07) is 17.1. The van der Waals surface area contributed by atoms with Gasteiger partial charge in [0.1, 0.15) is 5.82 Å². The molecular weight excluding hydrogens is 418 g/mol. The van der Waals surface area contributed by atoms with Crippen LogP contribution in [0.1, 0.15) is 24.6 Å². The molecule has 2 aromatic carbocycles. The molecule has 2 fully saturated rings. The number of urea groups is 1. The van der Waals surface area contributed by atoms with Crippen LogP contribution in [0, 0.1) is 0 Å². The highest BCUT2D eigenvalue weighted by molar-refractivity contribution is 5.92. The van der Waals surface area contributed by atoms with Crippen LogP contribution in [-0.4, -0.2) is 64.7 Å². The van der Waals surface area contributed by atoms with Gasteiger partial charge in [-0.15, -0.1) is 0 Å². The molecule has 0 unspecified atom stereocenters. The van der Waals surface area contributed by atoms with Gasteiger partial charge in [0.05, 0.1) is 6.54 Å². The molecule has 9 heteroatoms. The van der Waals surface area contributed by atoms with E-state index in [1.807, 2.05) is 30.3 Å². The molecule has 0 spiro atoms. The normalized spacial score (nSPS) is 15.9. The van der Waals surface area contributed by atoms with Gasteiger partial charge in [0.15, 0.2) is 5.82 Å². The third kappa shape index (κ3) is 5.14. The Morgan fingerprint density at radius 2 is 1.70 bits per heavy atom. The number of piperazine rings is 1. The van der Waals surface area contributed by atoms with Gasteiger partial charge in [-0.2, -0.15) is 5.10 Å². The summed E-state index contributed by atoms with van der Waals surface area (Å²) in [6.45, 7) is 2.81. The Balaban J connectivity index is 1.06. The number of aromatic amines is 1. The number of carbonyl (C=O) groups excluding carboxylic acids is 2. The maximum absolute atomic E-state index is 12.5. The number of rotatable bonds is 6. The van der Waals surface area contributed by atoms with Gasteiger partial charge < -0.3 is 20.4 Å². The summed E-state index contributed by atoms with van der Waals surface area (Å²) in [4.78, 5) is 33.3. The maximum Gasteiger partial charge on any atom is 0.319 e. The number of amides is 3. The van der Waals surface area contributed by atoms with Gasteiger partial charge >= 0.3 is 6.03 Å². The zero-order valence-electron chi connectivity index (χ0n) is 18.3. The smallest absolute Gasteiger partial charge is 0.319 e. The molecule has 1 saturated carbocycles. The number of nitrogens with one attached hydrogen (secondary N) is 3. The summed E-state index contributed by atoms with van der Waals surface area (Å²) in [5.74, 6) is 2.04. The Labute approximate surface area is 192 Å². The van der Waals surface area contributed by atoms with Gasteiger partial charge in [-0.05, 0) is 49.2 Å². The second kappa shape index (κ2) is 9.32. The van der Waals surface area contributed by atoms with Crippen molar-refractivity contribution in [2.75, 3.05) is 42.9 Å².